The molecule has 128 valence electrons. The Morgan fingerprint density at radius 1 is 1.33 bits per heavy atom. The van der Waals surface area contributed by atoms with Crippen LogP contribution in [0.15, 0.2) is 36.7 Å². The third-order valence-electron chi connectivity index (χ3n) is 4.61. The molecule has 0 unspecified atom stereocenters. The second kappa shape index (κ2) is 7.05. The predicted molar refractivity (Wildman–Crippen MR) is 93.1 cm³/mol. The minimum absolute atomic E-state index is 0.0773. The molecular formula is C18H24N4O2. The molecular weight excluding hydrogens is 304 g/mol. The Hall–Kier alpha value is -2.34. The van der Waals surface area contributed by atoms with E-state index in [4.69, 9.17) is 4.74 Å². The smallest absolute Gasteiger partial charge is 0.319 e. The molecule has 3 rings (SSSR count). The van der Waals surface area contributed by atoms with Crippen molar-refractivity contribution in [1.82, 2.24) is 14.9 Å². The van der Waals surface area contributed by atoms with Crippen LogP contribution < -0.4 is 10.6 Å². The van der Waals surface area contributed by atoms with Crippen LogP contribution in [-0.4, -0.2) is 34.8 Å². The number of amides is 2. The summed E-state index contributed by atoms with van der Waals surface area (Å²) in [5.74, 6) is 1.33. The third-order valence-corrected chi connectivity index (χ3v) is 4.61. The SMILES string of the molecule is Cc1nccn1[C@H](C)c1ccc(NC(=O)N[C@@H]2COC[C@@H]2C)cc1. The molecule has 2 amide bonds. The lowest BCUT2D eigenvalue weighted by Crippen LogP contribution is -2.41. The zero-order valence-corrected chi connectivity index (χ0v) is 14.3. The van der Waals surface area contributed by atoms with E-state index in [0.29, 0.717) is 19.1 Å². The number of ether oxygens (including phenoxy) is 1. The lowest BCUT2D eigenvalue weighted by Gasteiger charge is -2.17. The number of imidazole rings is 1. The second-order valence-corrected chi connectivity index (χ2v) is 6.40. The van der Waals surface area contributed by atoms with Crippen LogP contribution in [-0.2, 0) is 4.74 Å². The van der Waals surface area contributed by atoms with E-state index in [1.54, 1.807) is 6.20 Å². The van der Waals surface area contributed by atoms with Gasteiger partial charge in [0.1, 0.15) is 5.82 Å². The van der Waals surface area contributed by atoms with E-state index < -0.39 is 0 Å². The van der Waals surface area contributed by atoms with Crippen molar-refractivity contribution in [2.45, 2.75) is 32.9 Å². The van der Waals surface area contributed by atoms with Crippen molar-refractivity contribution >= 4 is 11.7 Å². The van der Waals surface area contributed by atoms with Crippen LogP contribution in [0, 0.1) is 12.8 Å². The quantitative estimate of drug-likeness (QED) is 0.907. The Bertz CT molecular complexity index is 695. The van der Waals surface area contributed by atoms with Gasteiger partial charge in [-0.1, -0.05) is 19.1 Å². The minimum Gasteiger partial charge on any atom is -0.379 e. The molecule has 0 radical (unpaired) electrons. The molecule has 2 heterocycles. The first-order chi connectivity index (χ1) is 11.5. The van der Waals surface area contributed by atoms with Crippen molar-refractivity contribution in [3.05, 3.63) is 48.0 Å². The molecule has 2 N–H and O–H groups in total. The number of aromatic nitrogens is 2. The van der Waals surface area contributed by atoms with Gasteiger partial charge in [0, 0.05) is 24.0 Å². The van der Waals surface area contributed by atoms with Crippen LogP contribution in [0.3, 0.4) is 0 Å². The number of urea groups is 1. The van der Waals surface area contributed by atoms with E-state index in [2.05, 4.69) is 34.0 Å². The summed E-state index contributed by atoms with van der Waals surface area (Å²) in [6.07, 6.45) is 3.78. The molecule has 24 heavy (non-hydrogen) atoms. The molecule has 1 aromatic heterocycles. The summed E-state index contributed by atoms with van der Waals surface area (Å²) in [6, 6.07) is 7.99. The summed E-state index contributed by atoms with van der Waals surface area (Å²) in [7, 11) is 0. The number of anilines is 1. The van der Waals surface area contributed by atoms with Crippen molar-refractivity contribution in [3.8, 4) is 0 Å². The Morgan fingerprint density at radius 2 is 2.08 bits per heavy atom. The fraction of sp³-hybridized carbons (Fsp3) is 0.444. The summed E-state index contributed by atoms with van der Waals surface area (Å²) in [5, 5.41) is 5.83. The number of nitrogens with zero attached hydrogens (tertiary/aromatic N) is 2. The number of hydrogen-bond acceptors (Lipinski definition) is 3. The molecule has 2 aromatic rings. The molecule has 1 aliphatic heterocycles. The monoisotopic (exact) mass is 328 g/mol. The summed E-state index contributed by atoms with van der Waals surface area (Å²) in [6.45, 7) is 7.47. The fourth-order valence-electron chi connectivity index (χ4n) is 2.98. The average molecular weight is 328 g/mol. The third kappa shape index (κ3) is 3.59. The molecule has 1 aliphatic rings. The lowest BCUT2D eigenvalue weighted by molar-refractivity contribution is 0.184. The zero-order chi connectivity index (χ0) is 17.1. The predicted octanol–water partition coefficient (Wildman–Crippen LogP) is 2.96. The van der Waals surface area contributed by atoms with Gasteiger partial charge in [-0.15, -0.1) is 0 Å². The van der Waals surface area contributed by atoms with Gasteiger partial charge in [-0.2, -0.15) is 0 Å². The zero-order valence-electron chi connectivity index (χ0n) is 14.3. The van der Waals surface area contributed by atoms with Crippen molar-refractivity contribution in [2.24, 2.45) is 5.92 Å². The maximum Gasteiger partial charge on any atom is 0.319 e. The largest absolute Gasteiger partial charge is 0.379 e. The highest BCUT2D eigenvalue weighted by Gasteiger charge is 2.25. The number of nitrogens with one attached hydrogen (secondary N) is 2. The van der Waals surface area contributed by atoms with E-state index in [9.17, 15) is 4.79 Å². The normalized spacial score (nSPS) is 21.5. The van der Waals surface area contributed by atoms with Crippen LogP contribution in [0.4, 0.5) is 10.5 Å². The van der Waals surface area contributed by atoms with Crippen LogP contribution in [0.2, 0.25) is 0 Å². The van der Waals surface area contributed by atoms with E-state index in [1.165, 1.54) is 5.56 Å². The first-order valence-corrected chi connectivity index (χ1v) is 8.29. The van der Waals surface area contributed by atoms with Gasteiger partial charge < -0.3 is 19.9 Å². The van der Waals surface area contributed by atoms with Gasteiger partial charge in [-0.3, -0.25) is 0 Å². The standard InChI is InChI=1S/C18H24N4O2/c1-12-10-24-11-17(12)21-18(23)20-16-6-4-15(5-7-16)13(2)22-9-8-19-14(22)3/h4-9,12-13,17H,10-11H2,1-3H3,(H2,20,21,23)/t12-,13+,17+/m0/s1. The topological polar surface area (TPSA) is 68.2 Å². The molecule has 1 saturated heterocycles. The van der Waals surface area contributed by atoms with Gasteiger partial charge in [0.15, 0.2) is 0 Å². The molecule has 0 aliphatic carbocycles. The second-order valence-electron chi connectivity index (χ2n) is 6.40. The number of aryl methyl sites for hydroxylation is 1. The van der Waals surface area contributed by atoms with E-state index in [-0.39, 0.29) is 18.1 Å². The summed E-state index contributed by atoms with van der Waals surface area (Å²) in [5.41, 5.74) is 1.94. The lowest BCUT2D eigenvalue weighted by atomic mass is 10.1. The van der Waals surface area contributed by atoms with Crippen LogP contribution in [0.5, 0.6) is 0 Å². The Labute approximate surface area is 142 Å². The van der Waals surface area contributed by atoms with Gasteiger partial charge in [0.05, 0.1) is 25.3 Å². The number of rotatable bonds is 4. The molecule has 0 saturated carbocycles. The van der Waals surface area contributed by atoms with Crippen LogP contribution in [0.1, 0.15) is 31.3 Å². The Morgan fingerprint density at radius 3 is 2.67 bits per heavy atom. The Balaban J connectivity index is 1.60. The highest BCUT2D eigenvalue weighted by Crippen LogP contribution is 2.21. The highest BCUT2D eigenvalue weighted by molar-refractivity contribution is 5.89. The summed E-state index contributed by atoms with van der Waals surface area (Å²) < 4.78 is 7.48. The molecule has 1 fully saturated rings. The summed E-state index contributed by atoms with van der Waals surface area (Å²) in [4.78, 5) is 16.3. The maximum absolute atomic E-state index is 12.1. The molecule has 6 nitrogen and oxygen atoms in total. The van der Waals surface area contributed by atoms with Crippen molar-refractivity contribution < 1.29 is 9.53 Å². The van der Waals surface area contributed by atoms with E-state index in [0.717, 1.165) is 11.5 Å². The molecule has 0 bridgehead atoms. The molecule has 6 heteroatoms. The number of carbonyl (C=O) groups excluding carboxylic acids is 1. The number of hydrogen-bond donors (Lipinski definition) is 2. The Kier molecular flexibility index (Phi) is 4.85. The van der Waals surface area contributed by atoms with Crippen LogP contribution >= 0.6 is 0 Å². The minimum atomic E-state index is -0.191. The van der Waals surface area contributed by atoms with Crippen molar-refractivity contribution in [3.63, 3.8) is 0 Å². The maximum atomic E-state index is 12.1. The van der Waals surface area contributed by atoms with Gasteiger partial charge in [0.2, 0.25) is 0 Å². The average Bonchev–Trinajstić information content (AvgIpc) is 3.16. The molecule has 1 aromatic carbocycles. The first-order valence-electron chi connectivity index (χ1n) is 8.29. The van der Waals surface area contributed by atoms with Crippen molar-refractivity contribution in [1.29, 1.82) is 0 Å². The van der Waals surface area contributed by atoms with Gasteiger partial charge >= 0.3 is 6.03 Å². The van der Waals surface area contributed by atoms with Gasteiger partial charge in [0.25, 0.3) is 0 Å². The highest BCUT2D eigenvalue weighted by atomic mass is 16.5. The number of benzene rings is 1. The first kappa shape index (κ1) is 16.5. The van der Waals surface area contributed by atoms with E-state index >= 15 is 0 Å². The van der Waals surface area contributed by atoms with E-state index in [1.807, 2.05) is 37.4 Å². The van der Waals surface area contributed by atoms with Crippen LogP contribution in [0.25, 0.3) is 0 Å². The van der Waals surface area contributed by atoms with Gasteiger partial charge in [-0.25, -0.2) is 9.78 Å². The van der Waals surface area contributed by atoms with Gasteiger partial charge in [-0.05, 0) is 31.5 Å². The number of carbonyl (C=O) groups is 1. The molecule has 3 atom stereocenters. The van der Waals surface area contributed by atoms with Crippen molar-refractivity contribution in [2.75, 3.05) is 18.5 Å². The summed E-state index contributed by atoms with van der Waals surface area (Å²) >= 11 is 0. The molecule has 0 spiro atoms. The fourth-order valence-corrected chi connectivity index (χ4v) is 2.98.